The van der Waals surface area contributed by atoms with E-state index in [-0.39, 0.29) is 17.1 Å². The van der Waals surface area contributed by atoms with Crippen LogP contribution in [-0.4, -0.2) is 43.6 Å². The molecule has 2 fully saturated rings. The highest BCUT2D eigenvalue weighted by molar-refractivity contribution is 5.92. The first-order valence-electron chi connectivity index (χ1n) is 10.4. The van der Waals surface area contributed by atoms with Gasteiger partial charge in [-0.25, -0.2) is 9.37 Å². The number of nitrogens with zero attached hydrogens (tertiary/aromatic N) is 5. The van der Waals surface area contributed by atoms with Gasteiger partial charge in [0.05, 0.1) is 12.5 Å². The van der Waals surface area contributed by atoms with E-state index >= 15 is 0 Å². The van der Waals surface area contributed by atoms with Gasteiger partial charge in [-0.3, -0.25) is 4.79 Å². The lowest BCUT2D eigenvalue weighted by atomic mass is 9.73. The Labute approximate surface area is 173 Å². The number of amides is 1. The molecule has 30 heavy (non-hydrogen) atoms. The van der Waals surface area contributed by atoms with Crippen LogP contribution in [0, 0.1) is 11.7 Å². The molecule has 156 valence electrons. The van der Waals surface area contributed by atoms with E-state index in [1.165, 1.54) is 25.0 Å². The first-order chi connectivity index (χ1) is 14.5. The van der Waals surface area contributed by atoms with E-state index in [9.17, 15) is 9.18 Å². The second-order valence-electron chi connectivity index (χ2n) is 8.54. The number of carbonyl (C=O) groups excluding carboxylic acids is 1. The number of hydrogen-bond acceptors (Lipinski definition) is 5. The SMILES string of the molecule is Cn1cncc1C(=O)N1CCC(CC2CC2)(c2noc(-c3ccc(F)cc3)n2)CC1. The second kappa shape index (κ2) is 7.34. The Balaban J connectivity index is 1.37. The van der Waals surface area contributed by atoms with Gasteiger partial charge in [-0.2, -0.15) is 4.98 Å². The Morgan fingerprint density at radius 3 is 2.60 bits per heavy atom. The van der Waals surface area contributed by atoms with Gasteiger partial charge in [0, 0.05) is 31.1 Å². The number of imidazole rings is 1. The van der Waals surface area contributed by atoms with Gasteiger partial charge in [0.25, 0.3) is 11.8 Å². The van der Waals surface area contributed by atoms with Crippen molar-refractivity contribution in [1.29, 1.82) is 0 Å². The third-order valence-electron chi connectivity index (χ3n) is 6.41. The molecule has 8 heteroatoms. The van der Waals surface area contributed by atoms with Crippen LogP contribution in [0.4, 0.5) is 4.39 Å². The minimum Gasteiger partial charge on any atom is -0.337 e. The zero-order chi connectivity index (χ0) is 20.7. The second-order valence-corrected chi connectivity index (χ2v) is 8.54. The summed E-state index contributed by atoms with van der Waals surface area (Å²) in [6.45, 7) is 1.30. The smallest absolute Gasteiger partial charge is 0.272 e. The van der Waals surface area contributed by atoms with E-state index in [4.69, 9.17) is 9.51 Å². The predicted octanol–water partition coefficient (Wildman–Crippen LogP) is 3.58. The fourth-order valence-corrected chi connectivity index (χ4v) is 4.41. The summed E-state index contributed by atoms with van der Waals surface area (Å²) < 4.78 is 20.5. The maximum atomic E-state index is 13.2. The molecule has 0 atom stereocenters. The standard InChI is InChI=1S/C22H24FN5O2/c1-27-14-24-13-18(27)20(29)28-10-8-22(9-11-28,12-15-2-3-15)21-25-19(30-26-21)16-4-6-17(23)7-5-16/h4-7,13-15H,2-3,8-12H2,1H3. The quantitative estimate of drug-likeness (QED) is 0.644. The van der Waals surface area contributed by atoms with Crippen molar-refractivity contribution in [3.05, 3.63) is 54.1 Å². The summed E-state index contributed by atoms with van der Waals surface area (Å²) in [6.07, 6.45) is 8.35. The summed E-state index contributed by atoms with van der Waals surface area (Å²) in [5.41, 5.74) is 1.12. The summed E-state index contributed by atoms with van der Waals surface area (Å²) in [6, 6.07) is 6.08. The molecule has 0 spiro atoms. The zero-order valence-electron chi connectivity index (χ0n) is 16.9. The number of aromatic nitrogens is 4. The average Bonchev–Trinajstić information content (AvgIpc) is 3.24. The topological polar surface area (TPSA) is 77.0 Å². The van der Waals surface area contributed by atoms with Crippen LogP contribution in [0.15, 0.2) is 41.3 Å². The van der Waals surface area contributed by atoms with Crippen molar-refractivity contribution in [3.8, 4) is 11.5 Å². The minimum atomic E-state index is -0.297. The van der Waals surface area contributed by atoms with Crippen molar-refractivity contribution in [2.24, 2.45) is 13.0 Å². The van der Waals surface area contributed by atoms with Crippen molar-refractivity contribution < 1.29 is 13.7 Å². The van der Waals surface area contributed by atoms with Crippen LogP contribution in [0.3, 0.4) is 0 Å². The molecule has 3 heterocycles. The Kier molecular flexibility index (Phi) is 4.64. The molecule has 2 aliphatic rings. The van der Waals surface area contributed by atoms with Crippen LogP contribution in [0.25, 0.3) is 11.5 Å². The van der Waals surface area contributed by atoms with Gasteiger partial charge in [-0.05, 0) is 49.4 Å². The maximum Gasteiger partial charge on any atom is 0.272 e. The molecule has 1 saturated carbocycles. The van der Waals surface area contributed by atoms with Crippen molar-refractivity contribution in [2.75, 3.05) is 13.1 Å². The molecule has 3 aromatic rings. The van der Waals surface area contributed by atoms with Gasteiger partial charge in [-0.1, -0.05) is 18.0 Å². The van der Waals surface area contributed by atoms with E-state index < -0.39 is 0 Å². The molecule has 0 unspecified atom stereocenters. The molecule has 0 radical (unpaired) electrons. The maximum absolute atomic E-state index is 13.2. The monoisotopic (exact) mass is 409 g/mol. The predicted molar refractivity (Wildman–Crippen MR) is 107 cm³/mol. The van der Waals surface area contributed by atoms with Gasteiger partial charge >= 0.3 is 0 Å². The van der Waals surface area contributed by atoms with Crippen molar-refractivity contribution in [3.63, 3.8) is 0 Å². The van der Waals surface area contributed by atoms with Crippen LogP contribution in [-0.2, 0) is 12.5 Å². The normalized spacial score (nSPS) is 18.5. The van der Waals surface area contributed by atoms with E-state index in [0.29, 0.717) is 42.0 Å². The van der Waals surface area contributed by atoms with Gasteiger partial charge in [-0.15, -0.1) is 0 Å². The third-order valence-corrected chi connectivity index (χ3v) is 6.41. The summed E-state index contributed by atoms with van der Waals surface area (Å²) in [5.74, 6) is 1.52. The van der Waals surface area contributed by atoms with Gasteiger partial charge in [0.2, 0.25) is 0 Å². The van der Waals surface area contributed by atoms with E-state index in [2.05, 4.69) is 10.1 Å². The third kappa shape index (κ3) is 3.51. The lowest BCUT2D eigenvalue weighted by Gasteiger charge is -2.40. The minimum absolute atomic E-state index is 0.00938. The Morgan fingerprint density at radius 2 is 1.97 bits per heavy atom. The lowest BCUT2D eigenvalue weighted by molar-refractivity contribution is 0.0636. The fraction of sp³-hybridized carbons (Fsp3) is 0.455. The Hall–Kier alpha value is -3.03. The fourth-order valence-electron chi connectivity index (χ4n) is 4.41. The molecule has 1 saturated heterocycles. The first-order valence-corrected chi connectivity index (χ1v) is 10.4. The number of likely N-dealkylation sites (tertiary alicyclic amines) is 1. The van der Waals surface area contributed by atoms with Crippen molar-refractivity contribution in [1.82, 2.24) is 24.6 Å². The number of benzene rings is 1. The van der Waals surface area contributed by atoms with Crippen LogP contribution in [0.2, 0.25) is 0 Å². The number of rotatable bonds is 5. The molecule has 0 bridgehead atoms. The average molecular weight is 409 g/mol. The lowest BCUT2D eigenvalue weighted by Crippen LogP contribution is -2.46. The molecule has 1 aromatic carbocycles. The highest BCUT2D eigenvalue weighted by atomic mass is 19.1. The summed E-state index contributed by atoms with van der Waals surface area (Å²) in [4.78, 5) is 23.5. The highest BCUT2D eigenvalue weighted by Gasteiger charge is 2.45. The van der Waals surface area contributed by atoms with Crippen LogP contribution in [0.1, 0.15) is 48.4 Å². The van der Waals surface area contributed by atoms with Crippen LogP contribution >= 0.6 is 0 Å². The summed E-state index contributed by atoms with van der Waals surface area (Å²) in [7, 11) is 1.83. The molecule has 2 aromatic heterocycles. The molecule has 5 rings (SSSR count). The number of piperidine rings is 1. The number of carbonyl (C=O) groups is 1. The molecule has 1 aliphatic carbocycles. The summed E-state index contributed by atoms with van der Waals surface area (Å²) >= 11 is 0. The largest absolute Gasteiger partial charge is 0.337 e. The first kappa shape index (κ1) is 19.0. The van der Waals surface area contributed by atoms with Gasteiger partial charge < -0.3 is 14.0 Å². The molecule has 0 N–H and O–H groups in total. The molecule has 1 aliphatic heterocycles. The van der Waals surface area contributed by atoms with Gasteiger partial charge in [0.1, 0.15) is 11.5 Å². The molecular weight excluding hydrogens is 385 g/mol. The molecule has 1 amide bonds. The van der Waals surface area contributed by atoms with Crippen LogP contribution in [0.5, 0.6) is 0 Å². The van der Waals surface area contributed by atoms with Gasteiger partial charge in [0.15, 0.2) is 5.82 Å². The number of halogens is 1. The zero-order valence-corrected chi connectivity index (χ0v) is 16.9. The Bertz CT molecular complexity index is 1050. The number of hydrogen-bond donors (Lipinski definition) is 0. The van der Waals surface area contributed by atoms with Crippen molar-refractivity contribution in [2.45, 2.75) is 37.5 Å². The Morgan fingerprint density at radius 1 is 1.23 bits per heavy atom. The highest BCUT2D eigenvalue weighted by Crippen LogP contribution is 2.47. The van der Waals surface area contributed by atoms with E-state index in [0.717, 1.165) is 19.3 Å². The van der Waals surface area contributed by atoms with Crippen molar-refractivity contribution >= 4 is 5.91 Å². The van der Waals surface area contributed by atoms with Crippen LogP contribution < -0.4 is 0 Å². The molecular formula is C22H24FN5O2. The van der Waals surface area contributed by atoms with E-state index in [1.807, 2.05) is 11.9 Å². The number of aryl methyl sites for hydroxylation is 1. The molecule has 7 nitrogen and oxygen atoms in total. The van der Waals surface area contributed by atoms with E-state index in [1.54, 1.807) is 29.2 Å². The summed E-state index contributed by atoms with van der Waals surface area (Å²) in [5, 5.41) is 4.33.